The molecule has 9 heteroatoms. The highest BCUT2D eigenvalue weighted by atomic mass is 35.5. The minimum Gasteiger partial charge on any atom is -0.493 e. The molecule has 0 bridgehead atoms. The summed E-state index contributed by atoms with van der Waals surface area (Å²) in [5.74, 6) is 1.85. The molecule has 2 fully saturated rings. The van der Waals surface area contributed by atoms with Crippen LogP contribution in [0.25, 0.3) is 10.9 Å². The Kier molecular flexibility index (Phi) is 5.97. The maximum Gasteiger partial charge on any atom is 0.168 e. The summed E-state index contributed by atoms with van der Waals surface area (Å²) in [4.78, 5) is 11.0. The van der Waals surface area contributed by atoms with Crippen molar-refractivity contribution >= 4 is 34.0 Å². The van der Waals surface area contributed by atoms with Crippen LogP contribution in [-0.2, 0) is 0 Å². The minimum atomic E-state index is -0.886. The van der Waals surface area contributed by atoms with Gasteiger partial charge in [0, 0.05) is 24.5 Å². The first-order valence-corrected chi connectivity index (χ1v) is 11.3. The van der Waals surface area contributed by atoms with Crippen molar-refractivity contribution in [1.82, 2.24) is 14.9 Å². The summed E-state index contributed by atoms with van der Waals surface area (Å²) in [5.41, 5.74) is 0.625. The van der Waals surface area contributed by atoms with E-state index in [1.807, 2.05) is 0 Å². The molecule has 0 amide bonds. The number of hydrogen-bond donors (Lipinski definition) is 1. The largest absolute Gasteiger partial charge is 0.493 e. The number of anilines is 2. The van der Waals surface area contributed by atoms with E-state index in [1.54, 1.807) is 19.2 Å². The number of rotatable bonds is 6. The van der Waals surface area contributed by atoms with Crippen LogP contribution in [0.15, 0.2) is 30.6 Å². The molecule has 0 spiro atoms. The Hall–Kier alpha value is -2.71. The summed E-state index contributed by atoms with van der Waals surface area (Å²) in [5, 5.41) is 2.92. The van der Waals surface area contributed by atoms with Crippen LogP contribution in [0.3, 0.4) is 0 Å². The van der Waals surface area contributed by atoms with Crippen LogP contribution in [-0.4, -0.2) is 48.7 Å². The normalized spacial score (nSPS) is 22.5. The fraction of sp³-hybridized carbons (Fsp3) is 0.417. The molecule has 6 nitrogen and oxygen atoms in total. The Balaban J connectivity index is 1.37. The molecule has 3 atom stereocenters. The standard InChI is InChI=1S/C24H25ClF2N4O2/c1-31-9-14-5-13(6-15(14)10-31)11-33-21-8-19-16(7-20(21)32-2)24(29-12-28-19)30-18-4-3-17(26)22(25)23(18)27/h3-4,7-8,12-15H,5-6,9-11H2,1-2H3,(H,28,29,30)/t13?,14-,15+. The lowest BCUT2D eigenvalue weighted by Gasteiger charge is -2.17. The van der Waals surface area contributed by atoms with Gasteiger partial charge in [0.1, 0.15) is 23.0 Å². The van der Waals surface area contributed by atoms with Gasteiger partial charge in [0.2, 0.25) is 0 Å². The highest BCUT2D eigenvalue weighted by molar-refractivity contribution is 6.31. The average molecular weight is 475 g/mol. The van der Waals surface area contributed by atoms with Crippen molar-refractivity contribution in [3.05, 3.63) is 47.2 Å². The van der Waals surface area contributed by atoms with E-state index in [4.69, 9.17) is 21.1 Å². The van der Waals surface area contributed by atoms with Crippen LogP contribution in [0, 0.1) is 29.4 Å². The summed E-state index contributed by atoms with van der Waals surface area (Å²) in [6.45, 7) is 2.98. The maximum absolute atomic E-state index is 14.4. The molecule has 2 heterocycles. The summed E-state index contributed by atoms with van der Waals surface area (Å²) in [6.07, 6.45) is 3.75. The molecule has 1 aliphatic carbocycles. The number of hydrogen-bond acceptors (Lipinski definition) is 6. The number of halogens is 3. The van der Waals surface area contributed by atoms with Gasteiger partial charge in [0.25, 0.3) is 0 Å². The summed E-state index contributed by atoms with van der Waals surface area (Å²) in [7, 11) is 3.76. The molecular formula is C24H25ClF2N4O2. The minimum absolute atomic E-state index is 0.0121. The third kappa shape index (κ3) is 4.29. The number of nitrogens with zero attached hydrogens (tertiary/aromatic N) is 3. The quantitative estimate of drug-likeness (QED) is 0.490. The lowest BCUT2D eigenvalue weighted by atomic mass is 10.0. The van der Waals surface area contributed by atoms with E-state index < -0.39 is 16.7 Å². The van der Waals surface area contributed by atoms with E-state index in [0.29, 0.717) is 40.7 Å². The summed E-state index contributed by atoms with van der Waals surface area (Å²) >= 11 is 5.70. The van der Waals surface area contributed by atoms with E-state index in [9.17, 15) is 8.78 Å². The zero-order valence-electron chi connectivity index (χ0n) is 18.4. The van der Waals surface area contributed by atoms with E-state index in [2.05, 4.69) is 27.2 Å². The van der Waals surface area contributed by atoms with Gasteiger partial charge in [-0.3, -0.25) is 0 Å². The van der Waals surface area contributed by atoms with Crippen LogP contribution in [0.2, 0.25) is 5.02 Å². The van der Waals surface area contributed by atoms with E-state index >= 15 is 0 Å². The molecular weight excluding hydrogens is 450 g/mol. The molecule has 1 saturated heterocycles. The molecule has 174 valence electrons. The van der Waals surface area contributed by atoms with E-state index in [0.717, 1.165) is 17.9 Å². The molecule has 2 aromatic carbocycles. The zero-order valence-corrected chi connectivity index (χ0v) is 19.2. The second kappa shape index (κ2) is 8.91. The fourth-order valence-corrected chi connectivity index (χ4v) is 5.35. The third-order valence-electron chi connectivity index (χ3n) is 6.71. The Morgan fingerprint density at radius 2 is 1.88 bits per heavy atom. The van der Waals surface area contributed by atoms with Crippen LogP contribution < -0.4 is 14.8 Å². The van der Waals surface area contributed by atoms with Crippen molar-refractivity contribution in [2.24, 2.45) is 17.8 Å². The fourth-order valence-electron chi connectivity index (χ4n) is 5.19. The van der Waals surface area contributed by atoms with Crippen molar-refractivity contribution < 1.29 is 18.3 Å². The molecule has 1 unspecified atom stereocenters. The van der Waals surface area contributed by atoms with Crippen LogP contribution >= 0.6 is 11.6 Å². The Morgan fingerprint density at radius 1 is 1.12 bits per heavy atom. The second-order valence-electron chi connectivity index (χ2n) is 8.98. The van der Waals surface area contributed by atoms with Crippen LogP contribution in [0.1, 0.15) is 12.8 Å². The van der Waals surface area contributed by atoms with Gasteiger partial charge in [0.05, 0.1) is 24.9 Å². The van der Waals surface area contributed by atoms with Crippen molar-refractivity contribution in [3.63, 3.8) is 0 Å². The number of ether oxygens (including phenoxy) is 2. The van der Waals surface area contributed by atoms with Crippen molar-refractivity contribution in [2.75, 3.05) is 39.2 Å². The van der Waals surface area contributed by atoms with Crippen LogP contribution in [0.5, 0.6) is 11.5 Å². The first-order valence-electron chi connectivity index (χ1n) is 11.0. The smallest absolute Gasteiger partial charge is 0.168 e. The molecule has 1 saturated carbocycles. The van der Waals surface area contributed by atoms with Gasteiger partial charge in [-0.1, -0.05) is 11.6 Å². The predicted octanol–water partition coefficient (Wildman–Crippen LogP) is 5.28. The molecule has 5 rings (SSSR count). The van der Waals surface area contributed by atoms with Crippen molar-refractivity contribution in [3.8, 4) is 11.5 Å². The van der Waals surface area contributed by atoms with Crippen molar-refractivity contribution in [1.29, 1.82) is 0 Å². The number of fused-ring (bicyclic) bond motifs is 2. The van der Waals surface area contributed by atoms with Gasteiger partial charge in [-0.2, -0.15) is 0 Å². The lowest BCUT2D eigenvalue weighted by molar-refractivity contribution is 0.227. The first-order chi connectivity index (χ1) is 15.9. The molecule has 2 aliphatic rings. The molecule has 33 heavy (non-hydrogen) atoms. The molecule has 0 radical (unpaired) electrons. The predicted molar refractivity (Wildman–Crippen MR) is 123 cm³/mol. The third-order valence-corrected chi connectivity index (χ3v) is 7.06. The average Bonchev–Trinajstić information content (AvgIpc) is 3.34. The number of methoxy groups -OCH3 is 1. The Bertz CT molecular complexity index is 1180. The maximum atomic E-state index is 14.4. The van der Waals surface area contributed by atoms with Gasteiger partial charge in [-0.05, 0) is 55.8 Å². The van der Waals surface area contributed by atoms with Gasteiger partial charge in [-0.15, -0.1) is 0 Å². The summed E-state index contributed by atoms with van der Waals surface area (Å²) in [6, 6.07) is 5.93. The molecule has 3 aromatic rings. The Labute approximate surface area is 195 Å². The monoisotopic (exact) mass is 474 g/mol. The zero-order chi connectivity index (χ0) is 23.1. The number of nitrogens with one attached hydrogen (secondary N) is 1. The van der Waals surface area contributed by atoms with Crippen molar-refractivity contribution in [2.45, 2.75) is 12.8 Å². The number of likely N-dealkylation sites (tertiary alicyclic amines) is 1. The lowest BCUT2D eigenvalue weighted by Crippen LogP contribution is -2.18. The topological polar surface area (TPSA) is 59.5 Å². The first kappa shape index (κ1) is 22.1. The SMILES string of the molecule is COc1cc2c(Nc3ccc(F)c(Cl)c3F)ncnc2cc1OCC1C[C@@H]2CN(C)C[C@@H]2C1. The number of aromatic nitrogens is 2. The highest BCUT2D eigenvalue weighted by Crippen LogP contribution is 2.42. The van der Waals surface area contributed by atoms with Crippen LogP contribution in [0.4, 0.5) is 20.3 Å². The molecule has 1 N–H and O–H groups in total. The van der Waals surface area contributed by atoms with Gasteiger partial charge in [0.15, 0.2) is 17.3 Å². The molecule has 1 aromatic heterocycles. The van der Waals surface area contributed by atoms with E-state index in [1.165, 1.54) is 38.3 Å². The summed E-state index contributed by atoms with van der Waals surface area (Å²) < 4.78 is 39.6. The van der Waals surface area contributed by atoms with E-state index in [-0.39, 0.29) is 5.69 Å². The van der Waals surface area contributed by atoms with Gasteiger partial charge < -0.3 is 19.7 Å². The highest BCUT2D eigenvalue weighted by Gasteiger charge is 2.39. The molecule has 1 aliphatic heterocycles. The second-order valence-corrected chi connectivity index (χ2v) is 9.36. The number of benzene rings is 2. The van der Waals surface area contributed by atoms with Gasteiger partial charge >= 0.3 is 0 Å². The Morgan fingerprint density at radius 3 is 2.61 bits per heavy atom. The van der Waals surface area contributed by atoms with Gasteiger partial charge in [-0.25, -0.2) is 18.7 Å².